The fourth-order valence-electron chi connectivity index (χ4n) is 2.93. The Labute approximate surface area is 163 Å². The van der Waals surface area contributed by atoms with Gasteiger partial charge >= 0.3 is 0 Å². The molecule has 2 N–H and O–H groups in total. The molecule has 26 heavy (non-hydrogen) atoms. The van der Waals surface area contributed by atoms with Gasteiger partial charge < -0.3 is 5.73 Å². The van der Waals surface area contributed by atoms with Gasteiger partial charge in [0.05, 0.1) is 12.4 Å². The smallest absolute Gasteiger partial charge is 0.267 e. The van der Waals surface area contributed by atoms with Crippen molar-refractivity contribution in [2.24, 2.45) is 5.73 Å². The summed E-state index contributed by atoms with van der Waals surface area (Å²) >= 11 is 0. The largest absolute Gasteiger partial charge is 0.326 e. The third-order valence-electron chi connectivity index (χ3n) is 4.76. The summed E-state index contributed by atoms with van der Waals surface area (Å²) in [5.74, 6) is 0.00903. The first-order valence-electron chi connectivity index (χ1n) is 10.9. The van der Waals surface area contributed by atoms with Crippen molar-refractivity contribution in [3.05, 3.63) is 0 Å². The Morgan fingerprint density at radius 1 is 0.731 bits per heavy atom. The molecule has 0 atom stereocenters. The number of nitrogens with two attached hydrogens (primary N) is 1. The van der Waals surface area contributed by atoms with E-state index in [1.807, 2.05) is 13.8 Å². The number of hydrogen-bond acceptors (Lipinski definition) is 4. The first-order valence-corrected chi connectivity index (χ1v) is 12.5. The van der Waals surface area contributed by atoms with Crippen LogP contribution in [0.1, 0.15) is 117 Å². The molecule has 5 heteroatoms. The molecule has 0 fully saturated rings. The van der Waals surface area contributed by atoms with Crippen LogP contribution in [0.2, 0.25) is 0 Å². The minimum Gasteiger partial charge on any atom is -0.326 e. The summed E-state index contributed by atoms with van der Waals surface area (Å²) in [4.78, 5) is 0. The van der Waals surface area contributed by atoms with E-state index >= 15 is 0 Å². The Morgan fingerprint density at radius 2 is 1.12 bits per heavy atom. The summed E-state index contributed by atoms with van der Waals surface area (Å²) in [6.45, 7) is 6.23. The van der Waals surface area contributed by atoms with Crippen LogP contribution in [0.15, 0.2) is 0 Å². The molecule has 4 nitrogen and oxygen atoms in total. The molecule has 0 aliphatic heterocycles. The lowest BCUT2D eigenvalue weighted by atomic mass is 10.0. The number of rotatable bonds is 19. The van der Waals surface area contributed by atoms with Crippen molar-refractivity contribution < 1.29 is 12.6 Å². The third-order valence-corrected chi connectivity index (χ3v) is 5.99. The number of hydrogen-bond donors (Lipinski definition) is 1. The third kappa shape index (κ3) is 20.2. The van der Waals surface area contributed by atoms with Crippen molar-refractivity contribution in [2.75, 3.05) is 12.4 Å². The zero-order valence-electron chi connectivity index (χ0n) is 17.7. The van der Waals surface area contributed by atoms with E-state index in [1.165, 1.54) is 77.0 Å². The normalized spacial score (nSPS) is 12.6. The van der Waals surface area contributed by atoms with Crippen molar-refractivity contribution in [3.63, 3.8) is 0 Å². The van der Waals surface area contributed by atoms with Crippen LogP contribution in [-0.2, 0) is 14.3 Å². The van der Waals surface area contributed by atoms with Crippen LogP contribution in [-0.4, -0.2) is 26.3 Å². The summed E-state index contributed by atoms with van der Waals surface area (Å²) in [5.41, 5.74) is 5.34. The highest BCUT2D eigenvalue weighted by Crippen LogP contribution is 2.13. The molecular formula is C21H45NO3S. The van der Waals surface area contributed by atoms with E-state index in [9.17, 15) is 8.42 Å². The van der Waals surface area contributed by atoms with Gasteiger partial charge in [-0.15, -0.1) is 0 Å². The maximum Gasteiger partial charge on any atom is 0.267 e. The molecule has 0 bridgehead atoms. The van der Waals surface area contributed by atoms with Gasteiger partial charge in [0, 0.05) is 5.54 Å². The van der Waals surface area contributed by atoms with Crippen LogP contribution in [0, 0.1) is 0 Å². The summed E-state index contributed by atoms with van der Waals surface area (Å²) < 4.78 is 28.5. The van der Waals surface area contributed by atoms with Gasteiger partial charge in [-0.05, 0) is 26.7 Å². The average Bonchev–Trinajstić information content (AvgIpc) is 2.56. The molecule has 0 unspecified atom stereocenters. The fourth-order valence-corrected chi connectivity index (χ4v) is 4.20. The minimum absolute atomic E-state index is 0.00903. The molecule has 0 saturated heterocycles. The Hall–Kier alpha value is -0.130. The van der Waals surface area contributed by atoms with Crippen LogP contribution in [0.4, 0.5) is 0 Å². The van der Waals surface area contributed by atoms with E-state index in [1.54, 1.807) is 0 Å². The quantitative estimate of drug-likeness (QED) is 0.218. The summed E-state index contributed by atoms with van der Waals surface area (Å²) in [5, 5.41) is 0. The van der Waals surface area contributed by atoms with E-state index in [4.69, 9.17) is 9.92 Å². The van der Waals surface area contributed by atoms with Crippen LogP contribution < -0.4 is 5.73 Å². The first-order chi connectivity index (χ1) is 12.3. The van der Waals surface area contributed by atoms with Crippen molar-refractivity contribution in [1.82, 2.24) is 0 Å². The molecule has 0 radical (unpaired) electrons. The minimum atomic E-state index is -3.41. The summed E-state index contributed by atoms with van der Waals surface area (Å²) in [7, 11) is -3.41. The standard InChI is InChI=1S/C21H45NO3S/c1-4-5-6-7-8-9-10-11-12-13-14-15-16-17-19-25-26(23,24)20-18-21(2,3)22/h4-20,22H2,1-3H3. The lowest BCUT2D eigenvalue weighted by Crippen LogP contribution is -2.34. The molecule has 0 saturated carbocycles. The van der Waals surface area contributed by atoms with Crippen LogP contribution in [0.5, 0.6) is 0 Å². The molecule has 0 aromatic heterocycles. The van der Waals surface area contributed by atoms with Gasteiger partial charge in [0.15, 0.2) is 0 Å². The van der Waals surface area contributed by atoms with Crippen LogP contribution >= 0.6 is 0 Å². The summed E-state index contributed by atoms with van der Waals surface area (Å²) in [6.07, 6.45) is 18.5. The van der Waals surface area contributed by atoms with Crippen LogP contribution in [0.25, 0.3) is 0 Å². The van der Waals surface area contributed by atoms with E-state index in [2.05, 4.69) is 6.92 Å². The zero-order chi connectivity index (χ0) is 19.7. The van der Waals surface area contributed by atoms with E-state index in [0.717, 1.165) is 12.8 Å². The molecule has 0 spiro atoms. The van der Waals surface area contributed by atoms with Crippen molar-refractivity contribution in [2.45, 2.75) is 123 Å². The molecule has 0 heterocycles. The van der Waals surface area contributed by atoms with Crippen LogP contribution in [0.3, 0.4) is 0 Å². The highest BCUT2D eigenvalue weighted by molar-refractivity contribution is 7.86. The maximum absolute atomic E-state index is 11.7. The Balaban J connectivity index is 3.31. The van der Waals surface area contributed by atoms with E-state index in [0.29, 0.717) is 13.0 Å². The lowest BCUT2D eigenvalue weighted by Gasteiger charge is -2.17. The van der Waals surface area contributed by atoms with Gasteiger partial charge in [-0.3, -0.25) is 4.18 Å². The van der Waals surface area contributed by atoms with E-state index in [-0.39, 0.29) is 5.75 Å². The summed E-state index contributed by atoms with van der Waals surface area (Å²) in [6, 6.07) is 0. The Kier molecular flexibility index (Phi) is 15.8. The Morgan fingerprint density at radius 3 is 1.50 bits per heavy atom. The molecule has 0 aliphatic carbocycles. The molecule has 0 aliphatic rings. The highest BCUT2D eigenvalue weighted by atomic mass is 32.2. The van der Waals surface area contributed by atoms with Gasteiger partial charge in [-0.1, -0.05) is 90.4 Å². The lowest BCUT2D eigenvalue weighted by molar-refractivity contribution is 0.303. The molecular weight excluding hydrogens is 346 g/mol. The second-order valence-electron chi connectivity index (χ2n) is 8.42. The zero-order valence-corrected chi connectivity index (χ0v) is 18.5. The SMILES string of the molecule is CCCCCCCCCCCCCCCCOS(=O)(=O)CCC(C)(C)N. The van der Waals surface area contributed by atoms with Gasteiger partial charge in [0.25, 0.3) is 10.1 Å². The first kappa shape index (κ1) is 25.9. The topological polar surface area (TPSA) is 69.4 Å². The molecule has 158 valence electrons. The van der Waals surface area contributed by atoms with Crippen molar-refractivity contribution in [3.8, 4) is 0 Å². The maximum atomic E-state index is 11.7. The molecule has 0 aromatic rings. The van der Waals surface area contributed by atoms with Gasteiger partial charge in [-0.25, -0.2) is 0 Å². The predicted octanol–water partition coefficient (Wildman–Crippen LogP) is 5.94. The fraction of sp³-hybridized carbons (Fsp3) is 1.00. The number of unbranched alkanes of at least 4 members (excludes halogenated alkanes) is 13. The predicted molar refractivity (Wildman–Crippen MR) is 113 cm³/mol. The van der Waals surface area contributed by atoms with E-state index < -0.39 is 15.7 Å². The second-order valence-corrected chi connectivity index (χ2v) is 10.2. The Bertz CT molecular complexity index is 402. The molecule has 0 amide bonds. The van der Waals surface area contributed by atoms with Crippen molar-refractivity contribution in [1.29, 1.82) is 0 Å². The van der Waals surface area contributed by atoms with Gasteiger partial charge in [0.2, 0.25) is 0 Å². The van der Waals surface area contributed by atoms with Gasteiger partial charge in [0.1, 0.15) is 0 Å². The average molecular weight is 392 g/mol. The van der Waals surface area contributed by atoms with Crippen molar-refractivity contribution >= 4 is 10.1 Å². The second kappa shape index (κ2) is 15.9. The monoisotopic (exact) mass is 391 g/mol. The van der Waals surface area contributed by atoms with Gasteiger partial charge in [-0.2, -0.15) is 8.42 Å². The molecule has 0 rings (SSSR count). The highest BCUT2D eigenvalue weighted by Gasteiger charge is 2.18. The molecule has 0 aromatic carbocycles.